The number of fused-ring (bicyclic) bond motifs is 2. The molecule has 0 aliphatic carbocycles. The van der Waals surface area contributed by atoms with Crippen LogP contribution in [0.15, 0.2) is 109 Å². The molecule has 1 unspecified atom stereocenters. The molecule has 1 amide bonds. The molecular formula is C38H34N2O6S. The van der Waals surface area contributed by atoms with E-state index in [1.165, 1.54) is 19.2 Å². The summed E-state index contributed by atoms with van der Waals surface area (Å²) in [7, 11) is 1.51. The molecule has 0 saturated carbocycles. The highest BCUT2D eigenvalue weighted by Crippen LogP contribution is 2.37. The minimum absolute atomic E-state index is 0.121. The van der Waals surface area contributed by atoms with Gasteiger partial charge in [-0.15, -0.1) is 0 Å². The van der Waals surface area contributed by atoms with Crippen LogP contribution >= 0.6 is 12.2 Å². The Balaban J connectivity index is 1.17. The molecule has 5 aromatic carbocycles. The summed E-state index contributed by atoms with van der Waals surface area (Å²) in [5, 5.41) is 14.7. The van der Waals surface area contributed by atoms with Crippen molar-refractivity contribution in [2.45, 2.75) is 31.9 Å². The average molecular weight is 647 g/mol. The quantitative estimate of drug-likeness (QED) is 0.133. The summed E-state index contributed by atoms with van der Waals surface area (Å²) in [5.74, 6) is 0.639. The second-order valence-electron chi connectivity index (χ2n) is 11.3. The highest BCUT2D eigenvalue weighted by Gasteiger charge is 2.34. The lowest BCUT2D eigenvalue weighted by atomic mass is 10.1. The zero-order valence-corrected chi connectivity index (χ0v) is 26.7. The first kappa shape index (κ1) is 31.6. The third kappa shape index (κ3) is 7.53. The van der Waals surface area contributed by atoms with Gasteiger partial charge in [0.25, 0.3) is 5.91 Å². The zero-order valence-electron chi connectivity index (χ0n) is 25.8. The topological polar surface area (TPSA) is 97.3 Å². The van der Waals surface area contributed by atoms with Gasteiger partial charge in [0.05, 0.1) is 23.3 Å². The number of hydrogen-bond donors (Lipinski definition) is 2. The first-order valence-electron chi connectivity index (χ1n) is 15.3. The maximum atomic E-state index is 13.8. The monoisotopic (exact) mass is 646 g/mol. The normalized spacial score (nSPS) is 13.6. The van der Waals surface area contributed by atoms with Gasteiger partial charge in [0.15, 0.2) is 6.61 Å². The van der Waals surface area contributed by atoms with Crippen LogP contribution in [0.1, 0.15) is 34.3 Å². The summed E-state index contributed by atoms with van der Waals surface area (Å²) in [5.41, 5.74) is 3.50. The molecule has 238 valence electrons. The van der Waals surface area contributed by atoms with Crippen LogP contribution in [-0.2, 0) is 17.8 Å². The van der Waals surface area contributed by atoms with E-state index >= 15 is 0 Å². The van der Waals surface area contributed by atoms with E-state index in [1.54, 1.807) is 6.07 Å². The maximum absolute atomic E-state index is 13.8. The minimum atomic E-state index is -1.04. The number of carbonyl (C=O) groups excluding carboxylic acids is 1. The Bertz CT molecular complexity index is 1930. The number of amides is 1. The molecule has 9 heteroatoms. The van der Waals surface area contributed by atoms with Crippen molar-refractivity contribution in [3.05, 3.63) is 126 Å². The second-order valence-corrected chi connectivity index (χ2v) is 11.8. The summed E-state index contributed by atoms with van der Waals surface area (Å²) in [4.78, 5) is 27.7. The number of methoxy groups -OCH3 is 1. The van der Waals surface area contributed by atoms with Gasteiger partial charge in [0.1, 0.15) is 23.9 Å². The molecule has 0 aromatic heterocycles. The fourth-order valence-corrected chi connectivity index (χ4v) is 6.05. The van der Waals surface area contributed by atoms with Crippen LogP contribution < -0.4 is 24.4 Å². The molecule has 1 aliphatic heterocycles. The number of carboxylic acids is 1. The van der Waals surface area contributed by atoms with E-state index in [9.17, 15) is 14.7 Å². The van der Waals surface area contributed by atoms with Crippen molar-refractivity contribution < 1.29 is 28.9 Å². The molecule has 1 atom stereocenters. The number of ether oxygens (including phenoxy) is 3. The van der Waals surface area contributed by atoms with Crippen LogP contribution in [0.2, 0.25) is 0 Å². The molecule has 0 saturated heterocycles. The van der Waals surface area contributed by atoms with Gasteiger partial charge >= 0.3 is 5.97 Å². The van der Waals surface area contributed by atoms with E-state index in [1.807, 2.05) is 95.9 Å². The van der Waals surface area contributed by atoms with E-state index < -0.39 is 5.97 Å². The standard InChI is InChI=1S/C38H34N2O6S/c1-44-35-17-12-28(38(42)43)22-33(35)39-36(47)18-13-30-19-29-21-32(45-23-25-7-3-2-4-8-25)15-16-34(29)40(30)37(41)24-46-31-14-11-26-9-5-6-10-27(26)20-31/h2-12,14-17,20-22,30H,13,18-19,23-24H2,1H3,(H,39,47)(H,42,43). The van der Waals surface area contributed by atoms with Gasteiger partial charge < -0.3 is 29.5 Å². The number of rotatable bonds is 12. The zero-order chi connectivity index (χ0) is 32.8. The number of nitrogens with zero attached hydrogens (tertiary/aromatic N) is 1. The lowest BCUT2D eigenvalue weighted by Crippen LogP contribution is -2.41. The van der Waals surface area contributed by atoms with Crippen LogP contribution in [0.5, 0.6) is 17.2 Å². The molecule has 47 heavy (non-hydrogen) atoms. The van der Waals surface area contributed by atoms with E-state index in [0.29, 0.717) is 48.0 Å². The van der Waals surface area contributed by atoms with Crippen LogP contribution in [-0.4, -0.2) is 41.7 Å². The summed E-state index contributed by atoms with van der Waals surface area (Å²) < 4.78 is 17.5. The van der Waals surface area contributed by atoms with E-state index in [0.717, 1.165) is 33.3 Å². The molecule has 0 spiro atoms. The van der Waals surface area contributed by atoms with Gasteiger partial charge in [-0.2, -0.15) is 0 Å². The molecule has 8 nitrogen and oxygen atoms in total. The number of anilines is 2. The lowest BCUT2D eigenvalue weighted by molar-refractivity contribution is -0.120. The number of benzene rings is 5. The molecular weight excluding hydrogens is 612 g/mol. The van der Waals surface area contributed by atoms with Gasteiger partial charge in [0, 0.05) is 18.2 Å². The predicted octanol–water partition coefficient (Wildman–Crippen LogP) is 7.68. The molecule has 0 bridgehead atoms. The van der Waals surface area contributed by atoms with Crippen molar-refractivity contribution in [1.29, 1.82) is 0 Å². The Morgan fingerprint density at radius 2 is 1.62 bits per heavy atom. The number of nitrogens with one attached hydrogen (secondary N) is 1. The van der Waals surface area contributed by atoms with E-state index in [-0.39, 0.29) is 24.1 Å². The molecule has 1 heterocycles. The SMILES string of the molecule is COc1ccc(C(=O)O)cc1NC(=S)CCC1Cc2cc(OCc3ccccc3)ccc2N1C(=O)COc1ccc2ccccc2c1. The van der Waals surface area contributed by atoms with Crippen molar-refractivity contribution in [3.8, 4) is 17.2 Å². The van der Waals surface area contributed by atoms with Crippen molar-refractivity contribution in [1.82, 2.24) is 0 Å². The van der Waals surface area contributed by atoms with Crippen molar-refractivity contribution in [3.63, 3.8) is 0 Å². The highest BCUT2D eigenvalue weighted by atomic mass is 32.1. The number of aromatic carboxylic acids is 1. The molecule has 0 radical (unpaired) electrons. The van der Waals surface area contributed by atoms with Crippen LogP contribution in [0.4, 0.5) is 11.4 Å². The number of carboxylic acid groups (broad SMARTS) is 1. The predicted molar refractivity (Wildman–Crippen MR) is 187 cm³/mol. The van der Waals surface area contributed by atoms with Crippen LogP contribution in [0, 0.1) is 0 Å². The Kier molecular flexibility index (Phi) is 9.64. The average Bonchev–Trinajstić information content (AvgIpc) is 3.47. The van der Waals surface area contributed by atoms with Gasteiger partial charge in [-0.3, -0.25) is 4.79 Å². The van der Waals surface area contributed by atoms with E-state index in [2.05, 4.69) is 5.32 Å². The van der Waals surface area contributed by atoms with Crippen LogP contribution in [0.3, 0.4) is 0 Å². The van der Waals surface area contributed by atoms with E-state index in [4.69, 9.17) is 26.4 Å². The molecule has 1 aliphatic rings. The van der Waals surface area contributed by atoms with Gasteiger partial charge in [0.2, 0.25) is 0 Å². The largest absolute Gasteiger partial charge is 0.495 e. The summed E-state index contributed by atoms with van der Waals surface area (Å²) in [6, 6.07) is 34.0. The second kappa shape index (κ2) is 14.3. The minimum Gasteiger partial charge on any atom is -0.495 e. The number of hydrogen-bond acceptors (Lipinski definition) is 6. The van der Waals surface area contributed by atoms with Gasteiger partial charge in [-0.05, 0) is 83.3 Å². The van der Waals surface area contributed by atoms with Crippen molar-refractivity contribution in [2.24, 2.45) is 0 Å². The fourth-order valence-electron chi connectivity index (χ4n) is 5.82. The molecule has 2 N–H and O–H groups in total. The Labute approximate surface area is 278 Å². The fraction of sp³-hybridized carbons (Fsp3) is 0.184. The molecule has 0 fully saturated rings. The van der Waals surface area contributed by atoms with Gasteiger partial charge in [-0.25, -0.2) is 4.79 Å². The summed E-state index contributed by atoms with van der Waals surface area (Å²) in [6.07, 6.45) is 1.66. The highest BCUT2D eigenvalue weighted by molar-refractivity contribution is 7.80. The summed E-state index contributed by atoms with van der Waals surface area (Å²) >= 11 is 5.67. The Hall–Kier alpha value is -5.41. The maximum Gasteiger partial charge on any atom is 0.335 e. The number of thiocarbonyl (C=S) groups is 1. The first-order valence-corrected chi connectivity index (χ1v) is 15.7. The summed E-state index contributed by atoms with van der Waals surface area (Å²) in [6.45, 7) is 0.320. The van der Waals surface area contributed by atoms with Crippen molar-refractivity contribution in [2.75, 3.05) is 23.9 Å². The Morgan fingerprint density at radius 1 is 0.872 bits per heavy atom. The third-order valence-electron chi connectivity index (χ3n) is 8.16. The third-order valence-corrected chi connectivity index (χ3v) is 8.46. The molecule has 5 aromatic rings. The smallest absolute Gasteiger partial charge is 0.335 e. The van der Waals surface area contributed by atoms with Gasteiger partial charge in [-0.1, -0.05) is 72.9 Å². The number of carbonyl (C=O) groups is 2. The van der Waals surface area contributed by atoms with Crippen molar-refractivity contribution >= 4 is 51.2 Å². The lowest BCUT2D eigenvalue weighted by Gasteiger charge is -2.26. The van der Waals surface area contributed by atoms with Crippen LogP contribution in [0.25, 0.3) is 10.8 Å². The Morgan fingerprint density at radius 3 is 2.40 bits per heavy atom. The molecule has 6 rings (SSSR count). The first-order chi connectivity index (χ1) is 22.9.